The van der Waals surface area contributed by atoms with Crippen LogP contribution in [-0.2, 0) is 9.59 Å². The molecule has 0 bridgehead atoms. The Morgan fingerprint density at radius 3 is 2.39 bits per heavy atom. The number of carbonyl (C=O) groups is 3. The number of amides is 2. The summed E-state index contributed by atoms with van der Waals surface area (Å²) >= 11 is 0. The van der Waals surface area contributed by atoms with Crippen LogP contribution in [0, 0.1) is 5.82 Å². The molecule has 2 rings (SSSR count). The summed E-state index contributed by atoms with van der Waals surface area (Å²) in [6.45, 7) is 0. The highest BCUT2D eigenvalue weighted by Gasteiger charge is 2.30. The first-order valence-corrected chi connectivity index (χ1v) is 5.39. The molecular weight excluding hydrogens is 241 g/mol. The standard InChI is InChI=1S/C12H10FNO4/c13-7-4-5-8(12(17)18)9(6-7)14-10(15)2-1-3-11(14)16/h4-6H,1-3H2,(H,17,18). The molecule has 1 heterocycles. The van der Waals surface area contributed by atoms with Gasteiger partial charge in [-0.3, -0.25) is 9.59 Å². The predicted octanol–water partition coefficient (Wildman–Crippen LogP) is 1.57. The first-order valence-electron chi connectivity index (χ1n) is 5.39. The minimum Gasteiger partial charge on any atom is -0.478 e. The Morgan fingerprint density at radius 1 is 1.22 bits per heavy atom. The molecule has 6 heteroatoms. The highest BCUT2D eigenvalue weighted by Crippen LogP contribution is 2.26. The number of benzene rings is 1. The summed E-state index contributed by atoms with van der Waals surface area (Å²) in [6.07, 6.45) is 0.745. The lowest BCUT2D eigenvalue weighted by Gasteiger charge is -2.26. The third-order valence-electron chi connectivity index (χ3n) is 2.71. The third kappa shape index (κ3) is 2.09. The van der Waals surface area contributed by atoms with Crippen molar-refractivity contribution in [2.45, 2.75) is 19.3 Å². The van der Waals surface area contributed by atoms with Crippen LogP contribution < -0.4 is 4.90 Å². The number of carbonyl (C=O) groups excluding carboxylic acids is 2. The Labute approximate surface area is 102 Å². The molecule has 0 unspecified atom stereocenters. The number of carboxylic acid groups (broad SMARTS) is 1. The Morgan fingerprint density at radius 2 is 1.83 bits per heavy atom. The van der Waals surface area contributed by atoms with Gasteiger partial charge in [-0.1, -0.05) is 0 Å². The first-order chi connectivity index (χ1) is 8.50. The van der Waals surface area contributed by atoms with E-state index in [0.717, 1.165) is 23.1 Å². The molecule has 1 aliphatic rings. The van der Waals surface area contributed by atoms with Crippen LogP contribution in [0.4, 0.5) is 10.1 Å². The van der Waals surface area contributed by atoms with Gasteiger partial charge < -0.3 is 5.11 Å². The first kappa shape index (κ1) is 12.2. The number of hydrogen-bond acceptors (Lipinski definition) is 3. The molecule has 1 saturated heterocycles. The predicted molar refractivity (Wildman–Crippen MR) is 59.7 cm³/mol. The van der Waals surface area contributed by atoms with Crippen LogP contribution in [0.15, 0.2) is 18.2 Å². The van der Waals surface area contributed by atoms with E-state index in [2.05, 4.69) is 0 Å². The van der Waals surface area contributed by atoms with E-state index in [1.54, 1.807) is 0 Å². The Kier molecular flexibility index (Phi) is 3.10. The molecule has 18 heavy (non-hydrogen) atoms. The molecule has 1 N–H and O–H groups in total. The Bertz CT molecular complexity index is 525. The number of anilines is 1. The second-order valence-corrected chi connectivity index (χ2v) is 3.94. The summed E-state index contributed by atoms with van der Waals surface area (Å²) in [5.74, 6) is -3.00. The van der Waals surface area contributed by atoms with Crippen molar-refractivity contribution in [2.75, 3.05) is 4.90 Å². The molecule has 1 aromatic rings. The Hall–Kier alpha value is -2.24. The van der Waals surface area contributed by atoms with Crippen molar-refractivity contribution in [1.82, 2.24) is 0 Å². The maximum atomic E-state index is 13.2. The van der Waals surface area contributed by atoms with Gasteiger partial charge in [-0.05, 0) is 24.6 Å². The number of nitrogens with zero attached hydrogens (tertiary/aromatic N) is 1. The van der Waals surface area contributed by atoms with Crippen molar-refractivity contribution < 1.29 is 23.9 Å². The molecule has 5 nitrogen and oxygen atoms in total. The van der Waals surface area contributed by atoms with Gasteiger partial charge in [0.05, 0.1) is 11.3 Å². The summed E-state index contributed by atoms with van der Waals surface area (Å²) < 4.78 is 13.2. The number of carboxylic acids is 1. The fraction of sp³-hybridized carbons (Fsp3) is 0.250. The van der Waals surface area contributed by atoms with Gasteiger partial charge in [0.2, 0.25) is 11.8 Å². The fourth-order valence-electron chi connectivity index (χ4n) is 1.89. The zero-order valence-electron chi connectivity index (χ0n) is 9.35. The van der Waals surface area contributed by atoms with E-state index in [4.69, 9.17) is 5.11 Å². The van der Waals surface area contributed by atoms with Crippen LogP contribution in [-0.4, -0.2) is 22.9 Å². The van der Waals surface area contributed by atoms with Crippen LogP contribution in [0.1, 0.15) is 29.6 Å². The number of aromatic carboxylic acids is 1. The van der Waals surface area contributed by atoms with E-state index in [1.807, 2.05) is 0 Å². The van der Waals surface area contributed by atoms with Gasteiger partial charge in [-0.15, -0.1) is 0 Å². The number of hydrogen-bond donors (Lipinski definition) is 1. The third-order valence-corrected chi connectivity index (χ3v) is 2.71. The minimum absolute atomic E-state index is 0.154. The van der Waals surface area contributed by atoms with E-state index in [1.165, 1.54) is 0 Å². The molecule has 1 aliphatic heterocycles. The van der Waals surface area contributed by atoms with Crippen molar-refractivity contribution in [1.29, 1.82) is 0 Å². The van der Waals surface area contributed by atoms with Gasteiger partial charge in [0.25, 0.3) is 0 Å². The van der Waals surface area contributed by atoms with Gasteiger partial charge in [-0.2, -0.15) is 0 Å². The molecular formula is C12H10FNO4. The molecule has 2 amide bonds. The molecule has 1 aromatic carbocycles. The minimum atomic E-state index is -1.31. The molecule has 94 valence electrons. The monoisotopic (exact) mass is 251 g/mol. The van der Waals surface area contributed by atoms with Crippen LogP contribution in [0.3, 0.4) is 0 Å². The summed E-state index contributed by atoms with van der Waals surface area (Å²) in [6, 6.07) is 2.92. The average Bonchev–Trinajstić information content (AvgIpc) is 2.28. The van der Waals surface area contributed by atoms with Gasteiger partial charge >= 0.3 is 5.97 Å². The van der Waals surface area contributed by atoms with Crippen LogP contribution in [0.2, 0.25) is 0 Å². The summed E-state index contributed by atoms with van der Waals surface area (Å²) in [5.41, 5.74) is -0.461. The van der Waals surface area contributed by atoms with E-state index < -0.39 is 23.6 Å². The van der Waals surface area contributed by atoms with E-state index in [9.17, 15) is 18.8 Å². The van der Waals surface area contributed by atoms with Gasteiger partial charge in [0, 0.05) is 12.8 Å². The van der Waals surface area contributed by atoms with Gasteiger partial charge in [-0.25, -0.2) is 14.1 Å². The Balaban J connectivity index is 2.54. The van der Waals surface area contributed by atoms with Gasteiger partial charge in [0.1, 0.15) is 5.82 Å². The maximum absolute atomic E-state index is 13.2. The fourth-order valence-corrected chi connectivity index (χ4v) is 1.89. The van der Waals surface area contributed by atoms with Crippen molar-refractivity contribution in [3.63, 3.8) is 0 Å². The van der Waals surface area contributed by atoms with Gasteiger partial charge in [0.15, 0.2) is 0 Å². The molecule has 0 saturated carbocycles. The highest BCUT2D eigenvalue weighted by atomic mass is 19.1. The second-order valence-electron chi connectivity index (χ2n) is 3.94. The van der Waals surface area contributed by atoms with Crippen molar-refractivity contribution in [3.8, 4) is 0 Å². The SMILES string of the molecule is O=C(O)c1ccc(F)cc1N1C(=O)CCCC1=O. The van der Waals surface area contributed by atoms with Crippen LogP contribution >= 0.6 is 0 Å². The highest BCUT2D eigenvalue weighted by molar-refractivity contribution is 6.18. The number of piperidine rings is 1. The maximum Gasteiger partial charge on any atom is 0.337 e. The molecule has 1 fully saturated rings. The van der Waals surface area contributed by atoms with E-state index >= 15 is 0 Å². The summed E-state index contributed by atoms with van der Waals surface area (Å²) in [4.78, 5) is 35.1. The number of rotatable bonds is 2. The summed E-state index contributed by atoms with van der Waals surface area (Å²) in [7, 11) is 0. The molecule has 0 aromatic heterocycles. The second kappa shape index (κ2) is 4.56. The van der Waals surface area contributed by atoms with Crippen molar-refractivity contribution >= 4 is 23.5 Å². The average molecular weight is 251 g/mol. The largest absolute Gasteiger partial charge is 0.478 e. The normalized spacial score (nSPS) is 15.9. The van der Waals surface area contributed by atoms with Crippen molar-refractivity contribution in [2.24, 2.45) is 0 Å². The molecule has 0 spiro atoms. The topological polar surface area (TPSA) is 74.7 Å². The van der Waals surface area contributed by atoms with E-state index in [-0.39, 0.29) is 24.1 Å². The van der Waals surface area contributed by atoms with Crippen LogP contribution in [0.5, 0.6) is 0 Å². The molecule has 0 radical (unpaired) electrons. The van der Waals surface area contributed by atoms with Crippen LogP contribution in [0.25, 0.3) is 0 Å². The smallest absolute Gasteiger partial charge is 0.337 e. The lowest BCUT2D eigenvalue weighted by Crippen LogP contribution is -2.41. The zero-order valence-corrected chi connectivity index (χ0v) is 9.35. The molecule has 0 aliphatic carbocycles. The van der Waals surface area contributed by atoms with Crippen molar-refractivity contribution in [3.05, 3.63) is 29.6 Å². The number of halogens is 1. The quantitative estimate of drug-likeness (QED) is 0.809. The lowest BCUT2D eigenvalue weighted by molar-refractivity contribution is -0.129. The number of imide groups is 1. The molecule has 0 atom stereocenters. The zero-order chi connectivity index (χ0) is 13.3. The summed E-state index contributed by atoms with van der Waals surface area (Å²) in [5, 5.41) is 8.99. The lowest BCUT2D eigenvalue weighted by atomic mass is 10.1. The van der Waals surface area contributed by atoms with E-state index in [0.29, 0.717) is 6.42 Å².